The highest BCUT2D eigenvalue weighted by atomic mass is 19.1. The van der Waals surface area contributed by atoms with Gasteiger partial charge in [-0.25, -0.2) is 13.5 Å². The number of benzene rings is 1. The van der Waals surface area contributed by atoms with Gasteiger partial charge in [-0.3, -0.25) is 9.59 Å². The molecule has 0 saturated heterocycles. The topological polar surface area (TPSA) is 64.0 Å². The van der Waals surface area contributed by atoms with Crippen LogP contribution in [-0.2, 0) is 4.79 Å². The smallest absolute Gasteiger partial charge is 0.267 e. The molecule has 23 heavy (non-hydrogen) atoms. The largest absolute Gasteiger partial charge is 0.322 e. The minimum absolute atomic E-state index is 0.270. The van der Waals surface area contributed by atoms with Gasteiger partial charge in [0.1, 0.15) is 17.7 Å². The van der Waals surface area contributed by atoms with Crippen molar-refractivity contribution in [2.75, 3.05) is 5.32 Å². The molecular weight excluding hydrogens is 304 g/mol. The fourth-order valence-corrected chi connectivity index (χ4v) is 2.26. The minimum Gasteiger partial charge on any atom is -0.322 e. The first-order valence-electron chi connectivity index (χ1n) is 7.31. The van der Waals surface area contributed by atoms with Gasteiger partial charge in [-0.1, -0.05) is 0 Å². The van der Waals surface area contributed by atoms with Gasteiger partial charge in [-0.15, -0.1) is 0 Å². The molecule has 1 saturated carbocycles. The van der Waals surface area contributed by atoms with Crippen molar-refractivity contribution in [3.05, 3.63) is 58.0 Å². The number of amides is 1. The van der Waals surface area contributed by atoms with Crippen LogP contribution in [0.5, 0.6) is 0 Å². The highest BCUT2D eigenvalue weighted by Crippen LogP contribution is 2.38. The Labute approximate surface area is 130 Å². The number of nitrogens with zero attached hydrogens (tertiary/aromatic N) is 2. The number of halogens is 2. The fraction of sp³-hybridized carbons (Fsp3) is 0.312. The lowest BCUT2D eigenvalue weighted by Crippen LogP contribution is -2.33. The lowest BCUT2D eigenvalue weighted by molar-refractivity contribution is -0.119. The van der Waals surface area contributed by atoms with Gasteiger partial charge < -0.3 is 5.32 Å². The van der Waals surface area contributed by atoms with Crippen molar-refractivity contribution in [3.8, 4) is 0 Å². The van der Waals surface area contributed by atoms with Crippen molar-refractivity contribution in [1.29, 1.82) is 0 Å². The molecule has 1 fully saturated rings. The number of aromatic nitrogens is 2. The maximum Gasteiger partial charge on any atom is 0.267 e. The molecule has 1 unspecified atom stereocenters. The molecule has 1 N–H and O–H groups in total. The number of hydrogen-bond acceptors (Lipinski definition) is 3. The van der Waals surface area contributed by atoms with Crippen LogP contribution in [0.1, 0.15) is 37.4 Å². The van der Waals surface area contributed by atoms with Gasteiger partial charge in [0.15, 0.2) is 0 Å². The maximum absolute atomic E-state index is 13.6. The van der Waals surface area contributed by atoms with Crippen LogP contribution in [0, 0.1) is 11.6 Å². The van der Waals surface area contributed by atoms with Crippen molar-refractivity contribution in [2.24, 2.45) is 0 Å². The van der Waals surface area contributed by atoms with Crippen LogP contribution < -0.4 is 10.9 Å². The molecule has 0 aliphatic heterocycles. The standard InChI is InChI=1S/C16H15F2N3O2/c1-9(16(23)19-14-8-11(17)4-5-12(14)18)21-15(22)7-6-13(20-21)10-2-3-10/h4-10H,2-3H2,1H3,(H,19,23). The van der Waals surface area contributed by atoms with Crippen molar-refractivity contribution >= 4 is 11.6 Å². The van der Waals surface area contributed by atoms with Crippen molar-refractivity contribution in [3.63, 3.8) is 0 Å². The van der Waals surface area contributed by atoms with Crippen LogP contribution in [0.3, 0.4) is 0 Å². The summed E-state index contributed by atoms with van der Waals surface area (Å²) in [6.07, 6.45) is 2.03. The van der Waals surface area contributed by atoms with Crippen LogP contribution >= 0.6 is 0 Å². The molecule has 1 aromatic heterocycles. The zero-order chi connectivity index (χ0) is 16.6. The summed E-state index contributed by atoms with van der Waals surface area (Å²) in [4.78, 5) is 24.1. The van der Waals surface area contributed by atoms with Crippen LogP contribution in [0.25, 0.3) is 0 Å². The SMILES string of the molecule is CC(C(=O)Nc1cc(F)ccc1F)n1nc(C2CC2)ccc1=O. The lowest BCUT2D eigenvalue weighted by Gasteiger charge is -2.15. The van der Waals surface area contributed by atoms with E-state index in [9.17, 15) is 18.4 Å². The zero-order valence-corrected chi connectivity index (χ0v) is 12.4. The monoisotopic (exact) mass is 319 g/mol. The molecule has 1 aliphatic carbocycles. The number of rotatable bonds is 4. The normalized spacial score (nSPS) is 15.3. The first-order valence-corrected chi connectivity index (χ1v) is 7.31. The predicted octanol–water partition coefficient (Wildman–Crippen LogP) is 2.60. The third-order valence-electron chi connectivity index (χ3n) is 3.77. The number of nitrogens with one attached hydrogen (secondary N) is 1. The quantitative estimate of drug-likeness (QED) is 0.942. The van der Waals surface area contributed by atoms with E-state index in [-0.39, 0.29) is 5.69 Å². The summed E-state index contributed by atoms with van der Waals surface area (Å²) in [7, 11) is 0. The highest BCUT2D eigenvalue weighted by Gasteiger charge is 2.27. The molecule has 1 heterocycles. The Bertz CT molecular complexity index is 815. The van der Waals surface area contributed by atoms with E-state index in [2.05, 4.69) is 10.4 Å². The molecule has 1 atom stereocenters. The van der Waals surface area contributed by atoms with Gasteiger partial charge in [-0.2, -0.15) is 5.10 Å². The summed E-state index contributed by atoms with van der Waals surface area (Å²) >= 11 is 0. The number of carbonyl (C=O) groups excluding carboxylic acids is 1. The zero-order valence-electron chi connectivity index (χ0n) is 12.4. The third kappa shape index (κ3) is 3.28. The highest BCUT2D eigenvalue weighted by molar-refractivity contribution is 5.93. The van der Waals surface area contributed by atoms with Crippen molar-refractivity contribution in [1.82, 2.24) is 9.78 Å². The van der Waals surface area contributed by atoms with Crippen molar-refractivity contribution in [2.45, 2.75) is 31.7 Å². The minimum atomic E-state index is -0.941. The van der Waals surface area contributed by atoms with Crippen LogP contribution in [0.15, 0.2) is 35.1 Å². The Hall–Kier alpha value is -2.57. The Kier molecular flexibility index (Phi) is 3.94. The van der Waals surface area contributed by atoms with Gasteiger partial charge in [-0.05, 0) is 38.0 Å². The summed E-state index contributed by atoms with van der Waals surface area (Å²) < 4.78 is 27.8. The van der Waals surface area contributed by atoms with Gasteiger partial charge >= 0.3 is 0 Å². The van der Waals surface area contributed by atoms with E-state index >= 15 is 0 Å². The van der Waals surface area contributed by atoms with E-state index in [0.717, 1.165) is 41.4 Å². The maximum atomic E-state index is 13.6. The van der Waals surface area contributed by atoms with E-state index in [1.165, 1.54) is 13.0 Å². The Morgan fingerprint density at radius 3 is 2.74 bits per heavy atom. The molecular formula is C16H15F2N3O2. The summed E-state index contributed by atoms with van der Waals surface area (Å²) in [5, 5.41) is 6.50. The summed E-state index contributed by atoms with van der Waals surface area (Å²) in [5.74, 6) is -1.73. The molecule has 2 aromatic rings. The molecule has 1 amide bonds. The van der Waals surface area contributed by atoms with E-state index in [4.69, 9.17) is 0 Å². The molecule has 3 rings (SSSR count). The first kappa shape index (κ1) is 15.3. The third-order valence-corrected chi connectivity index (χ3v) is 3.77. The molecule has 0 bridgehead atoms. The summed E-state index contributed by atoms with van der Waals surface area (Å²) in [6, 6.07) is 4.86. The van der Waals surface area contributed by atoms with Gasteiger partial charge in [0.2, 0.25) is 5.91 Å². The average molecular weight is 319 g/mol. The second kappa shape index (κ2) is 5.91. The van der Waals surface area contributed by atoms with E-state index in [1.807, 2.05) is 0 Å². The number of anilines is 1. The second-order valence-electron chi connectivity index (χ2n) is 5.60. The van der Waals surface area contributed by atoms with Gasteiger partial charge in [0.05, 0.1) is 11.4 Å². The van der Waals surface area contributed by atoms with E-state index in [1.54, 1.807) is 6.07 Å². The lowest BCUT2D eigenvalue weighted by atomic mass is 10.2. The van der Waals surface area contributed by atoms with Crippen LogP contribution in [-0.4, -0.2) is 15.7 Å². The molecule has 0 radical (unpaired) electrons. The van der Waals surface area contributed by atoms with Crippen LogP contribution in [0.2, 0.25) is 0 Å². The molecule has 1 aromatic carbocycles. The fourth-order valence-electron chi connectivity index (χ4n) is 2.26. The van der Waals surface area contributed by atoms with Gasteiger partial charge in [0.25, 0.3) is 5.56 Å². The molecule has 0 spiro atoms. The summed E-state index contributed by atoms with van der Waals surface area (Å²) in [5.41, 5.74) is 0.0752. The summed E-state index contributed by atoms with van der Waals surface area (Å²) in [6.45, 7) is 1.48. The predicted molar refractivity (Wildman–Crippen MR) is 80.2 cm³/mol. The second-order valence-corrected chi connectivity index (χ2v) is 5.60. The van der Waals surface area contributed by atoms with Crippen LogP contribution in [0.4, 0.5) is 14.5 Å². The molecule has 5 nitrogen and oxygen atoms in total. The van der Waals surface area contributed by atoms with Gasteiger partial charge in [0, 0.05) is 18.1 Å². The van der Waals surface area contributed by atoms with E-state index < -0.39 is 29.1 Å². The number of carbonyl (C=O) groups is 1. The Balaban J connectivity index is 1.83. The van der Waals surface area contributed by atoms with E-state index in [0.29, 0.717) is 5.92 Å². The molecule has 120 valence electrons. The first-order chi connectivity index (χ1) is 11.0. The number of hydrogen-bond donors (Lipinski definition) is 1. The molecule has 7 heteroatoms. The van der Waals surface area contributed by atoms with Crippen molar-refractivity contribution < 1.29 is 13.6 Å². The Morgan fingerprint density at radius 2 is 2.04 bits per heavy atom. The molecule has 1 aliphatic rings. The Morgan fingerprint density at radius 1 is 1.30 bits per heavy atom. The average Bonchev–Trinajstić information content (AvgIpc) is 3.35.